The minimum atomic E-state index is -0.0937. The number of rotatable bonds is 8. The van der Waals surface area contributed by atoms with Crippen molar-refractivity contribution in [3.05, 3.63) is 34.6 Å². The van der Waals surface area contributed by atoms with Gasteiger partial charge in [0.25, 0.3) is 0 Å². The summed E-state index contributed by atoms with van der Waals surface area (Å²) in [6.07, 6.45) is 1.05. The number of ether oxygens (including phenoxy) is 1. The SMILES string of the molecule is CCN(CC)CCCNc1cc(OC)cc2ccc(=O)[nH]c12. The summed E-state index contributed by atoms with van der Waals surface area (Å²) in [4.78, 5) is 16.9. The van der Waals surface area contributed by atoms with Crippen molar-refractivity contribution in [1.29, 1.82) is 0 Å². The number of nitrogens with zero attached hydrogens (tertiary/aromatic N) is 1. The van der Waals surface area contributed by atoms with Crippen LogP contribution in [0, 0.1) is 0 Å². The fourth-order valence-corrected chi connectivity index (χ4v) is 2.56. The minimum Gasteiger partial charge on any atom is -0.497 e. The average molecular weight is 303 g/mol. The zero-order valence-electron chi connectivity index (χ0n) is 13.6. The molecule has 0 saturated heterocycles. The molecule has 0 unspecified atom stereocenters. The predicted molar refractivity (Wildman–Crippen MR) is 92.0 cm³/mol. The molecule has 0 saturated carbocycles. The van der Waals surface area contributed by atoms with Crippen molar-refractivity contribution >= 4 is 16.6 Å². The summed E-state index contributed by atoms with van der Waals surface area (Å²) >= 11 is 0. The monoisotopic (exact) mass is 303 g/mol. The number of hydrogen-bond donors (Lipinski definition) is 2. The molecule has 0 aliphatic rings. The Balaban J connectivity index is 2.12. The lowest BCUT2D eigenvalue weighted by Gasteiger charge is -2.18. The van der Waals surface area contributed by atoms with Gasteiger partial charge in [0.15, 0.2) is 0 Å². The first-order chi connectivity index (χ1) is 10.7. The van der Waals surface area contributed by atoms with Gasteiger partial charge in [-0.05, 0) is 38.2 Å². The van der Waals surface area contributed by atoms with Gasteiger partial charge in [-0.3, -0.25) is 4.79 Å². The number of methoxy groups -OCH3 is 1. The van der Waals surface area contributed by atoms with Crippen LogP contribution in [0.25, 0.3) is 10.9 Å². The van der Waals surface area contributed by atoms with Crippen LogP contribution in [-0.4, -0.2) is 43.2 Å². The lowest BCUT2D eigenvalue weighted by Crippen LogP contribution is -2.25. The number of aromatic amines is 1. The maximum atomic E-state index is 11.6. The van der Waals surface area contributed by atoms with E-state index in [2.05, 4.69) is 29.0 Å². The van der Waals surface area contributed by atoms with E-state index in [1.165, 1.54) is 6.07 Å². The Hall–Kier alpha value is -2.01. The maximum Gasteiger partial charge on any atom is 0.248 e. The van der Waals surface area contributed by atoms with Gasteiger partial charge in [-0.2, -0.15) is 0 Å². The van der Waals surface area contributed by atoms with Crippen LogP contribution < -0.4 is 15.6 Å². The third-order valence-electron chi connectivity index (χ3n) is 3.90. The minimum absolute atomic E-state index is 0.0937. The molecule has 120 valence electrons. The van der Waals surface area contributed by atoms with Crippen LogP contribution in [0.1, 0.15) is 20.3 Å². The number of benzene rings is 1. The van der Waals surface area contributed by atoms with Gasteiger partial charge in [0.1, 0.15) is 5.75 Å². The first-order valence-electron chi connectivity index (χ1n) is 7.85. The second kappa shape index (κ2) is 7.84. The summed E-state index contributed by atoms with van der Waals surface area (Å²) in [6, 6.07) is 7.20. The Morgan fingerprint density at radius 1 is 1.23 bits per heavy atom. The van der Waals surface area contributed by atoms with Gasteiger partial charge in [-0.15, -0.1) is 0 Å². The standard InChI is InChI=1S/C17H25N3O2/c1-4-20(5-2)10-6-9-18-15-12-14(22-3)11-13-7-8-16(21)19-17(13)15/h7-8,11-12,18H,4-6,9-10H2,1-3H3,(H,19,21). The quantitative estimate of drug-likeness (QED) is 0.736. The number of fused-ring (bicyclic) bond motifs is 1. The van der Waals surface area contributed by atoms with Crippen molar-refractivity contribution < 1.29 is 4.74 Å². The third kappa shape index (κ3) is 4.01. The number of aromatic nitrogens is 1. The fraction of sp³-hybridized carbons (Fsp3) is 0.471. The second-order valence-electron chi connectivity index (χ2n) is 5.27. The number of pyridine rings is 1. The third-order valence-corrected chi connectivity index (χ3v) is 3.90. The van der Waals surface area contributed by atoms with E-state index in [1.54, 1.807) is 7.11 Å². The molecule has 0 fully saturated rings. The molecule has 0 amide bonds. The molecule has 0 spiro atoms. The zero-order chi connectivity index (χ0) is 15.9. The smallest absolute Gasteiger partial charge is 0.248 e. The van der Waals surface area contributed by atoms with E-state index < -0.39 is 0 Å². The van der Waals surface area contributed by atoms with Gasteiger partial charge in [0.2, 0.25) is 5.56 Å². The molecule has 1 aromatic heterocycles. The van der Waals surface area contributed by atoms with Crippen LogP contribution in [0.4, 0.5) is 5.69 Å². The molecule has 0 bridgehead atoms. The topological polar surface area (TPSA) is 57.4 Å². The molecule has 2 rings (SSSR count). The van der Waals surface area contributed by atoms with Crippen molar-refractivity contribution in [3.8, 4) is 5.75 Å². The molecule has 0 atom stereocenters. The van der Waals surface area contributed by atoms with E-state index >= 15 is 0 Å². The van der Waals surface area contributed by atoms with Gasteiger partial charge in [0.05, 0.1) is 18.3 Å². The molecule has 22 heavy (non-hydrogen) atoms. The molecular weight excluding hydrogens is 278 g/mol. The van der Waals surface area contributed by atoms with Crippen LogP contribution in [-0.2, 0) is 0 Å². The summed E-state index contributed by atoms with van der Waals surface area (Å²) in [5, 5.41) is 4.38. The van der Waals surface area contributed by atoms with E-state index in [9.17, 15) is 4.79 Å². The van der Waals surface area contributed by atoms with E-state index in [0.29, 0.717) is 0 Å². The Morgan fingerprint density at radius 2 is 2.00 bits per heavy atom. The fourth-order valence-electron chi connectivity index (χ4n) is 2.56. The molecule has 0 radical (unpaired) electrons. The van der Waals surface area contributed by atoms with Gasteiger partial charge >= 0.3 is 0 Å². The first-order valence-corrected chi connectivity index (χ1v) is 7.85. The van der Waals surface area contributed by atoms with Crippen LogP contribution >= 0.6 is 0 Å². The molecule has 0 aliphatic carbocycles. The van der Waals surface area contributed by atoms with Crippen LogP contribution in [0.3, 0.4) is 0 Å². The summed E-state index contributed by atoms with van der Waals surface area (Å²) in [5.41, 5.74) is 1.64. The largest absolute Gasteiger partial charge is 0.497 e. The first kappa shape index (κ1) is 16.4. The highest BCUT2D eigenvalue weighted by molar-refractivity contribution is 5.91. The Labute approximate surface area is 131 Å². The van der Waals surface area contributed by atoms with E-state index in [-0.39, 0.29) is 5.56 Å². The van der Waals surface area contributed by atoms with Crippen LogP contribution in [0.15, 0.2) is 29.1 Å². The maximum absolute atomic E-state index is 11.6. The van der Waals surface area contributed by atoms with Gasteiger partial charge in [-0.25, -0.2) is 0 Å². The Morgan fingerprint density at radius 3 is 2.68 bits per heavy atom. The predicted octanol–water partition coefficient (Wildman–Crippen LogP) is 2.68. The number of hydrogen-bond acceptors (Lipinski definition) is 4. The lowest BCUT2D eigenvalue weighted by atomic mass is 10.1. The van der Waals surface area contributed by atoms with E-state index in [1.807, 2.05) is 18.2 Å². The van der Waals surface area contributed by atoms with E-state index in [4.69, 9.17) is 4.74 Å². The highest BCUT2D eigenvalue weighted by Crippen LogP contribution is 2.26. The number of nitrogens with one attached hydrogen (secondary N) is 2. The van der Waals surface area contributed by atoms with Crippen molar-refractivity contribution in [2.45, 2.75) is 20.3 Å². The number of H-pyrrole nitrogens is 1. The molecule has 2 aromatic rings. The molecule has 2 N–H and O–H groups in total. The number of anilines is 1. The summed E-state index contributed by atoms with van der Waals surface area (Å²) in [7, 11) is 1.65. The molecule has 5 heteroatoms. The van der Waals surface area contributed by atoms with Crippen molar-refractivity contribution in [1.82, 2.24) is 9.88 Å². The molecular formula is C17H25N3O2. The Bertz CT molecular complexity index is 662. The summed E-state index contributed by atoms with van der Waals surface area (Å²) in [6.45, 7) is 8.43. The zero-order valence-corrected chi connectivity index (χ0v) is 13.6. The van der Waals surface area contributed by atoms with Gasteiger partial charge in [-0.1, -0.05) is 13.8 Å². The molecule has 0 aliphatic heterocycles. The van der Waals surface area contributed by atoms with E-state index in [0.717, 1.165) is 54.9 Å². The van der Waals surface area contributed by atoms with Crippen molar-refractivity contribution in [2.24, 2.45) is 0 Å². The normalized spacial score (nSPS) is 11.1. The molecule has 1 aromatic carbocycles. The van der Waals surface area contributed by atoms with Crippen molar-refractivity contribution in [2.75, 3.05) is 38.6 Å². The molecule has 1 heterocycles. The second-order valence-corrected chi connectivity index (χ2v) is 5.27. The Kier molecular flexibility index (Phi) is 5.83. The summed E-state index contributed by atoms with van der Waals surface area (Å²) < 4.78 is 5.33. The average Bonchev–Trinajstić information content (AvgIpc) is 2.54. The van der Waals surface area contributed by atoms with Crippen LogP contribution in [0.2, 0.25) is 0 Å². The van der Waals surface area contributed by atoms with Gasteiger partial charge < -0.3 is 19.9 Å². The molecule has 5 nitrogen and oxygen atoms in total. The van der Waals surface area contributed by atoms with Gasteiger partial charge in [0, 0.05) is 24.1 Å². The van der Waals surface area contributed by atoms with Crippen molar-refractivity contribution in [3.63, 3.8) is 0 Å². The lowest BCUT2D eigenvalue weighted by molar-refractivity contribution is 0.303. The highest BCUT2D eigenvalue weighted by Gasteiger charge is 2.06. The highest BCUT2D eigenvalue weighted by atomic mass is 16.5. The summed E-state index contributed by atoms with van der Waals surface area (Å²) in [5.74, 6) is 0.783. The van der Waals surface area contributed by atoms with Crippen LogP contribution in [0.5, 0.6) is 5.75 Å².